The summed E-state index contributed by atoms with van der Waals surface area (Å²) in [4.78, 5) is 0. The number of rotatable bonds is 8. The minimum absolute atomic E-state index is 0.112. The predicted octanol–water partition coefficient (Wildman–Crippen LogP) is 2.56. The highest BCUT2D eigenvalue weighted by Crippen LogP contribution is 2.37. The second-order valence-corrected chi connectivity index (χ2v) is 9.40. The SMILES string of the molecule is CCc1coc(CNC2=NS(=O)N=C2Nc2csc(S(=O)N(CC)CC)c2O)c1. The molecule has 3 N–H and O–H groups in total. The summed E-state index contributed by atoms with van der Waals surface area (Å²) >= 11 is -0.572. The first-order chi connectivity index (χ1) is 14.0. The molecule has 0 fully saturated rings. The summed E-state index contributed by atoms with van der Waals surface area (Å²) in [6, 6.07) is 1.93. The Morgan fingerprint density at radius 2 is 2.00 bits per heavy atom. The van der Waals surface area contributed by atoms with Crippen molar-refractivity contribution < 1.29 is 17.9 Å². The topological polar surface area (TPSA) is 120 Å². The highest BCUT2D eigenvalue weighted by atomic mass is 32.2. The van der Waals surface area contributed by atoms with Crippen LogP contribution in [-0.2, 0) is 35.1 Å². The van der Waals surface area contributed by atoms with Gasteiger partial charge in [0.25, 0.3) is 11.2 Å². The third-order valence-corrected chi connectivity index (χ3v) is 7.84. The van der Waals surface area contributed by atoms with Gasteiger partial charge in [0.15, 0.2) is 21.6 Å². The van der Waals surface area contributed by atoms with Gasteiger partial charge < -0.3 is 20.2 Å². The number of nitrogens with zero attached hydrogens (tertiary/aromatic N) is 3. The maximum Gasteiger partial charge on any atom is 0.269 e. The second-order valence-electron chi connectivity index (χ2n) is 6.01. The highest BCUT2D eigenvalue weighted by Gasteiger charge is 2.24. The molecule has 0 spiro atoms. The molecule has 1 aliphatic heterocycles. The van der Waals surface area contributed by atoms with Gasteiger partial charge >= 0.3 is 0 Å². The Morgan fingerprint density at radius 3 is 2.66 bits per heavy atom. The summed E-state index contributed by atoms with van der Waals surface area (Å²) in [6.45, 7) is 7.40. The summed E-state index contributed by atoms with van der Waals surface area (Å²) in [5.41, 5.74) is 1.42. The van der Waals surface area contributed by atoms with Crippen LogP contribution in [0.15, 0.2) is 35.1 Å². The molecule has 29 heavy (non-hydrogen) atoms. The van der Waals surface area contributed by atoms with Gasteiger partial charge in [0.1, 0.15) is 16.7 Å². The quantitative estimate of drug-likeness (QED) is 0.560. The molecule has 2 atom stereocenters. The Hall–Kier alpha value is -2.02. The van der Waals surface area contributed by atoms with Crippen molar-refractivity contribution >= 4 is 50.9 Å². The van der Waals surface area contributed by atoms with Crippen molar-refractivity contribution in [3.8, 4) is 5.75 Å². The second kappa shape index (κ2) is 9.65. The van der Waals surface area contributed by atoms with Gasteiger partial charge in [-0.05, 0) is 18.1 Å². The number of amidine groups is 2. The molecule has 12 heteroatoms. The average molecular weight is 458 g/mol. The predicted molar refractivity (Wildman–Crippen MR) is 117 cm³/mol. The summed E-state index contributed by atoms with van der Waals surface area (Å²) in [6.07, 6.45) is 2.57. The molecule has 2 aromatic heterocycles. The minimum Gasteiger partial charge on any atom is -0.504 e. The molecule has 3 heterocycles. The fraction of sp³-hybridized carbons (Fsp3) is 0.412. The fourth-order valence-corrected chi connectivity index (χ4v) is 5.61. The lowest BCUT2D eigenvalue weighted by molar-refractivity contribution is 0.459. The lowest BCUT2D eigenvalue weighted by Crippen LogP contribution is -2.33. The number of hydrogen-bond donors (Lipinski definition) is 3. The number of nitrogens with one attached hydrogen (secondary N) is 2. The number of thiophene rings is 1. The molecule has 2 aromatic rings. The van der Waals surface area contributed by atoms with E-state index >= 15 is 0 Å². The van der Waals surface area contributed by atoms with Crippen molar-refractivity contribution in [2.75, 3.05) is 18.4 Å². The van der Waals surface area contributed by atoms with Gasteiger partial charge in [0.05, 0.1) is 18.5 Å². The standard InChI is InChI=1S/C17H23N5O4S3/c1-4-11-7-12(26-9-11)8-18-15-16(21-29(25)20-15)19-13-10-27-17(14(13)23)28(24)22(5-2)6-3/h7,9-10,23H,4-6,8H2,1-3H3,(H,18,20)(H,19,21). The van der Waals surface area contributed by atoms with E-state index in [1.54, 1.807) is 15.9 Å². The molecule has 0 saturated carbocycles. The van der Waals surface area contributed by atoms with E-state index in [0.717, 1.165) is 17.7 Å². The van der Waals surface area contributed by atoms with Gasteiger partial charge in [0.2, 0.25) is 0 Å². The fourth-order valence-electron chi connectivity index (χ4n) is 2.59. The average Bonchev–Trinajstić information content (AvgIpc) is 3.41. The maximum atomic E-state index is 12.6. The van der Waals surface area contributed by atoms with Crippen molar-refractivity contribution in [3.63, 3.8) is 0 Å². The number of aryl methyl sites for hydroxylation is 1. The van der Waals surface area contributed by atoms with Gasteiger partial charge in [-0.1, -0.05) is 20.8 Å². The molecule has 3 rings (SSSR count). The molecular weight excluding hydrogens is 434 g/mol. The van der Waals surface area contributed by atoms with E-state index in [1.807, 2.05) is 26.8 Å². The molecule has 9 nitrogen and oxygen atoms in total. The molecule has 0 radical (unpaired) electrons. The monoisotopic (exact) mass is 457 g/mol. The van der Waals surface area contributed by atoms with Crippen LogP contribution in [0.3, 0.4) is 0 Å². The first-order valence-electron chi connectivity index (χ1n) is 9.10. The number of furan rings is 1. The molecule has 0 amide bonds. The van der Waals surface area contributed by atoms with Gasteiger partial charge in [-0.2, -0.15) is 0 Å². The van der Waals surface area contributed by atoms with E-state index < -0.39 is 22.2 Å². The lowest BCUT2D eigenvalue weighted by Gasteiger charge is -2.15. The molecule has 0 aliphatic carbocycles. The Balaban J connectivity index is 1.70. The van der Waals surface area contributed by atoms with Gasteiger partial charge in [-0.25, -0.2) is 12.7 Å². The van der Waals surface area contributed by atoms with Gasteiger partial charge in [0, 0.05) is 18.5 Å². The molecular formula is C17H23N5O4S3. The molecule has 158 valence electrons. The van der Waals surface area contributed by atoms with Crippen molar-refractivity contribution in [1.29, 1.82) is 0 Å². The van der Waals surface area contributed by atoms with E-state index in [0.29, 0.717) is 35.4 Å². The van der Waals surface area contributed by atoms with E-state index in [1.165, 1.54) is 11.3 Å². The van der Waals surface area contributed by atoms with E-state index in [2.05, 4.69) is 19.4 Å². The van der Waals surface area contributed by atoms with Crippen molar-refractivity contribution in [1.82, 2.24) is 9.62 Å². The first kappa shape index (κ1) is 21.7. The van der Waals surface area contributed by atoms with Crippen molar-refractivity contribution in [2.24, 2.45) is 8.80 Å². The van der Waals surface area contributed by atoms with Crippen LogP contribution >= 0.6 is 11.3 Å². The third kappa shape index (κ3) is 4.94. The number of aromatic hydroxyl groups is 1. The zero-order chi connectivity index (χ0) is 21.0. The Labute approximate surface area is 178 Å². The first-order valence-corrected chi connectivity index (χ1v) is 12.2. The normalized spacial score (nSPS) is 17.3. The van der Waals surface area contributed by atoms with Gasteiger partial charge in [-0.3, -0.25) is 0 Å². The van der Waals surface area contributed by atoms with Gasteiger partial charge in [-0.15, -0.1) is 20.1 Å². The minimum atomic E-state index is -1.76. The highest BCUT2D eigenvalue weighted by molar-refractivity contribution is 7.85. The smallest absolute Gasteiger partial charge is 0.269 e. The van der Waals surface area contributed by atoms with E-state index in [-0.39, 0.29) is 11.6 Å². The Kier molecular flexibility index (Phi) is 7.22. The summed E-state index contributed by atoms with van der Waals surface area (Å²) in [7, 11) is -1.45. The van der Waals surface area contributed by atoms with Crippen LogP contribution in [0, 0.1) is 0 Å². The van der Waals surface area contributed by atoms with Crippen molar-refractivity contribution in [3.05, 3.63) is 29.0 Å². The Morgan fingerprint density at radius 1 is 1.28 bits per heavy atom. The molecule has 0 aromatic carbocycles. The van der Waals surface area contributed by atoms with Crippen LogP contribution in [0.1, 0.15) is 32.1 Å². The lowest BCUT2D eigenvalue weighted by atomic mass is 10.2. The Bertz CT molecular complexity index is 978. The molecule has 0 saturated heterocycles. The summed E-state index contributed by atoms with van der Waals surface area (Å²) in [5.74, 6) is 1.14. The number of anilines is 1. The molecule has 0 bridgehead atoms. The molecule has 1 aliphatic rings. The van der Waals surface area contributed by atoms with Crippen LogP contribution in [0.25, 0.3) is 0 Å². The zero-order valence-electron chi connectivity index (χ0n) is 16.3. The van der Waals surface area contributed by atoms with Crippen LogP contribution in [0.4, 0.5) is 5.69 Å². The third-order valence-electron chi connectivity index (χ3n) is 4.19. The largest absolute Gasteiger partial charge is 0.504 e. The van der Waals surface area contributed by atoms with Crippen LogP contribution in [0.5, 0.6) is 5.75 Å². The van der Waals surface area contributed by atoms with Crippen molar-refractivity contribution in [2.45, 2.75) is 37.9 Å². The van der Waals surface area contributed by atoms with E-state index in [4.69, 9.17) is 4.42 Å². The summed E-state index contributed by atoms with van der Waals surface area (Å²) in [5, 5.41) is 18.1. The molecule has 2 unspecified atom stereocenters. The number of hydrogen-bond acceptors (Lipinski definition) is 7. The van der Waals surface area contributed by atoms with Crippen LogP contribution in [0.2, 0.25) is 0 Å². The van der Waals surface area contributed by atoms with Crippen LogP contribution in [-0.4, -0.2) is 42.6 Å². The maximum absolute atomic E-state index is 12.6. The van der Waals surface area contributed by atoms with E-state index in [9.17, 15) is 13.5 Å². The summed E-state index contributed by atoms with van der Waals surface area (Å²) < 4.78 is 39.9. The zero-order valence-corrected chi connectivity index (χ0v) is 18.7. The van der Waals surface area contributed by atoms with Crippen LogP contribution < -0.4 is 10.6 Å².